The Balaban J connectivity index is 1.79. The summed E-state index contributed by atoms with van der Waals surface area (Å²) >= 11 is 0. The van der Waals surface area contributed by atoms with Crippen molar-refractivity contribution in [1.29, 1.82) is 0 Å². The lowest BCUT2D eigenvalue weighted by atomic mass is 9.58. The molecule has 0 radical (unpaired) electrons. The van der Waals surface area contributed by atoms with E-state index in [0.29, 0.717) is 32.1 Å². The zero-order valence-corrected chi connectivity index (χ0v) is 18.7. The highest BCUT2D eigenvalue weighted by Gasteiger charge is 2.66. The average molecular weight is 421 g/mol. The third-order valence-corrected chi connectivity index (χ3v) is 8.26. The lowest BCUT2D eigenvalue weighted by Crippen LogP contribution is -2.55. The fourth-order valence-corrected chi connectivity index (χ4v) is 6.62. The summed E-state index contributed by atoms with van der Waals surface area (Å²) in [5.74, 6) is -0.444. The van der Waals surface area contributed by atoms with E-state index in [4.69, 9.17) is 14.2 Å². The number of hydrogen-bond acceptors (Lipinski definition) is 6. The molecule has 3 aliphatic heterocycles. The van der Waals surface area contributed by atoms with Crippen molar-refractivity contribution in [3.05, 3.63) is 12.2 Å². The Labute approximate surface area is 179 Å². The van der Waals surface area contributed by atoms with Gasteiger partial charge >= 0.3 is 11.9 Å². The van der Waals surface area contributed by atoms with E-state index >= 15 is 0 Å². The summed E-state index contributed by atoms with van der Waals surface area (Å²) in [6, 6.07) is 0. The highest BCUT2D eigenvalue weighted by molar-refractivity contribution is 5.73. The smallest absolute Gasteiger partial charge is 0.309 e. The third kappa shape index (κ3) is 3.40. The molecule has 4 fully saturated rings. The van der Waals surface area contributed by atoms with Crippen molar-refractivity contribution in [1.82, 2.24) is 0 Å². The molecule has 6 heteroatoms. The van der Waals surface area contributed by atoms with E-state index in [9.17, 15) is 14.7 Å². The van der Waals surface area contributed by atoms with Crippen molar-refractivity contribution in [3.8, 4) is 0 Å². The van der Waals surface area contributed by atoms with Gasteiger partial charge in [0.15, 0.2) is 0 Å². The monoisotopic (exact) mass is 420 g/mol. The second-order valence-electron chi connectivity index (χ2n) is 10.4. The zero-order chi connectivity index (χ0) is 21.8. The molecular weight excluding hydrogens is 384 g/mol. The number of hydrogen-bond donors (Lipinski definition) is 1. The normalized spacial score (nSPS) is 48.1. The Bertz CT molecular complexity index is 733. The van der Waals surface area contributed by atoms with Crippen molar-refractivity contribution in [2.45, 2.75) is 102 Å². The van der Waals surface area contributed by atoms with Crippen LogP contribution in [0.3, 0.4) is 0 Å². The quantitative estimate of drug-likeness (QED) is 0.555. The van der Waals surface area contributed by atoms with Gasteiger partial charge in [0.2, 0.25) is 0 Å². The van der Waals surface area contributed by atoms with E-state index in [-0.39, 0.29) is 47.8 Å². The van der Waals surface area contributed by atoms with Gasteiger partial charge in [0.25, 0.3) is 0 Å². The van der Waals surface area contributed by atoms with Crippen LogP contribution in [0.2, 0.25) is 0 Å². The highest BCUT2D eigenvalue weighted by Crippen LogP contribution is 2.59. The molecule has 6 nitrogen and oxygen atoms in total. The maximum Gasteiger partial charge on any atom is 0.309 e. The molecule has 4 rings (SSSR count). The number of carbonyl (C=O) groups excluding carboxylic acids is 2. The molecule has 0 amide bonds. The standard InChI is InChI=1S/C24H36O6/c1-6-7-18(26)29-23(4)10-8-15-14(3)22(27)30-24(5)11-9-16(25)13(2)12-17-20(23)19(15)21(24)28-17/h14-17,19-21,25H,2,6-12H2,1,3-5H3/t14-,15-,16+,17-,19+,20+,21-,23-,24-/m0/s1. The first-order chi connectivity index (χ1) is 14.1. The number of aliphatic hydroxyl groups excluding tert-OH is 1. The van der Waals surface area contributed by atoms with Gasteiger partial charge in [0, 0.05) is 18.3 Å². The molecule has 1 aliphatic carbocycles. The Morgan fingerprint density at radius 2 is 2.03 bits per heavy atom. The lowest BCUT2D eigenvalue weighted by molar-refractivity contribution is -0.181. The lowest BCUT2D eigenvalue weighted by Gasteiger charge is -2.48. The summed E-state index contributed by atoms with van der Waals surface area (Å²) in [5.41, 5.74) is -0.730. The number of ether oxygens (including phenoxy) is 3. The van der Waals surface area contributed by atoms with E-state index in [0.717, 1.165) is 18.4 Å². The minimum Gasteiger partial charge on any atom is -0.459 e. The maximum atomic E-state index is 12.9. The van der Waals surface area contributed by atoms with Crippen LogP contribution in [-0.2, 0) is 23.8 Å². The van der Waals surface area contributed by atoms with Crippen LogP contribution < -0.4 is 0 Å². The SMILES string of the molecule is C=C1C[C@@H]2O[C@H]3[C@@H]4[C@@H](CC[C@](C)(OC(=O)CCC)[C@@H]42)[C@H](C)C(=O)O[C@@]3(C)CC[C@H]1O. The second-order valence-corrected chi connectivity index (χ2v) is 10.4. The number of rotatable bonds is 3. The van der Waals surface area contributed by atoms with Crippen molar-refractivity contribution in [2.24, 2.45) is 23.7 Å². The van der Waals surface area contributed by atoms with Crippen LogP contribution in [-0.4, -0.2) is 46.6 Å². The van der Waals surface area contributed by atoms with Gasteiger partial charge in [0.1, 0.15) is 17.3 Å². The van der Waals surface area contributed by atoms with Crippen LogP contribution in [0.1, 0.15) is 72.6 Å². The summed E-state index contributed by atoms with van der Waals surface area (Å²) in [4.78, 5) is 25.5. The van der Waals surface area contributed by atoms with Crippen molar-refractivity contribution in [3.63, 3.8) is 0 Å². The second kappa shape index (κ2) is 7.63. The molecule has 3 saturated heterocycles. The average Bonchev–Trinajstić information content (AvgIpc) is 3.04. The van der Waals surface area contributed by atoms with Crippen LogP contribution in [0, 0.1) is 23.7 Å². The van der Waals surface area contributed by atoms with Crippen LogP contribution in [0.5, 0.6) is 0 Å². The molecular formula is C24H36O6. The summed E-state index contributed by atoms with van der Waals surface area (Å²) in [5, 5.41) is 10.6. The third-order valence-electron chi connectivity index (χ3n) is 8.26. The molecule has 0 spiro atoms. The molecule has 0 aromatic carbocycles. The van der Waals surface area contributed by atoms with E-state index < -0.39 is 17.3 Å². The molecule has 168 valence electrons. The van der Waals surface area contributed by atoms with Crippen molar-refractivity contribution >= 4 is 11.9 Å². The molecule has 0 aromatic rings. The van der Waals surface area contributed by atoms with E-state index in [2.05, 4.69) is 6.58 Å². The van der Waals surface area contributed by atoms with Gasteiger partial charge in [-0.1, -0.05) is 20.4 Å². The molecule has 2 bridgehead atoms. The van der Waals surface area contributed by atoms with Gasteiger partial charge in [-0.05, 0) is 63.9 Å². The summed E-state index contributed by atoms with van der Waals surface area (Å²) in [6.07, 6.45) is 3.05. The maximum absolute atomic E-state index is 12.9. The van der Waals surface area contributed by atoms with Gasteiger partial charge in [-0.15, -0.1) is 0 Å². The topological polar surface area (TPSA) is 82.1 Å². The highest BCUT2D eigenvalue weighted by atomic mass is 16.6. The molecule has 3 heterocycles. The van der Waals surface area contributed by atoms with Crippen LogP contribution in [0.25, 0.3) is 0 Å². The zero-order valence-electron chi connectivity index (χ0n) is 18.7. The van der Waals surface area contributed by atoms with E-state index in [1.165, 1.54) is 0 Å². The molecule has 1 saturated carbocycles. The van der Waals surface area contributed by atoms with Gasteiger partial charge in [-0.25, -0.2) is 0 Å². The summed E-state index contributed by atoms with van der Waals surface area (Å²) in [6.45, 7) is 12.0. The number of fused-ring (bicyclic) bond motifs is 2. The molecule has 0 unspecified atom stereocenters. The fraction of sp³-hybridized carbons (Fsp3) is 0.833. The Morgan fingerprint density at radius 1 is 1.30 bits per heavy atom. The first kappa shape index (κ1) is 21.8. The van der Waals surface area contributed by atoms with E-state index in [1.54, 1.807) is 0 Å². The fourth-order valence-electron chi connectivity index (χ4n) is 6.62. The Morgan fingerprint density at radius 3 is 2.73 bits per heavy atom. The Hall–Kier alpha value is -1.40. The van der Waals surface area contributed by atoms with Crippen LogP contribution >= 0.6 is 0 Å². The molecule has 4 aliphatic rings. The van der Waals surface area contributed by atoms with Crippen molar-refractivity contribution in [2.75, 3.05) is 0 Å². The largest absolute Gasteiger partial charge is 0.459 e. The van der Waals surface area contributed by atoms with Crippen molar-refractivity contribution < 1.29 is 28.9 Å². The molecule has 0 aromatic heterocycles. The number of aliphatic hydroxyl groups is 1. The molecule has 9 atom stereocenters. The predicted octanol–water partition coefficient (Wildman–Crippen LogP) is 3.55. The van der Waals surface area contributed by atoms with E-state index in [1.807, 2.05) is 27.7 Å². The summed E-state index contributed by atoms with van der Waals surface area (Å²) in [7, 11) is 0. The van der Waals surface area contributed by atoms with Gasteiger partial charge in [0.05, 0.1) is 18.1 Å². The predicted molar refractivity (Wildman–Crippen MR) is 110 cm³/mol. The minimum absolute atomic E-state index is 0.0552. The summed E-state index contributed by atoms with van der Waals surface area (Å²) < 4.78 is 18.9. The van der Waals surface area contributed by atoms with Crippen LogP contribution in [0.15, 0.2) is 12.2 Å². The Kier molecular flexibility index (Phi) is 5.55. The van der Waals surface area contributed by atoms with Gasteiger partial charge < -0.3 is 19.3 Å². The first-order valence-corrected chi connectivity index (χ1v) is 11.6. The molecule has 30 heavy (non-hydrogen) atoms. The van der Waals surface area contributed by atoms with Gasteiger partial charge in [-0.3, -0.25) is 9.59 Å². The van der Waals surface area contributed by atoms with Gasteiger partial charge in [-0.2, -0.15) is 0 Å². The molecule has 1 N–H and O–H groups in total. The minimum atomic E-state index is -0.810. The number of esters is 2. The first-order valence-electron chi connectivity index (χ1n) is 11.6. The van der Waals surface area contributed by atoms with Crippen LogP contribution in [0.4, 0.5) is 0 Å². The number of carbonyl (C=O) groups is 2.